The minimum atomic E-state index is -0.435. The van der Waals surface area contributed by atoms with Crippen molar-refractivity contribution in [1.29, 1.82) is 0 Å². The Morgan fingerprint density at radius 2 is 1.76 bits per heavy atom. The second-order valence-electron chi connectivity index (χ2n) is 10.6. The molecule has 6 heteroatoms. The van der Waals surface area contributed by atoms with E-state index in [1.165, 1.54) is 24.0 Å². The summed E-state index contributed by atoms with van der Waals surface area (Å²) in [4.78, 5) is 14.6. The molecule has 0 aromatic heterocycles. The highest BCUT2D eigenvalue weighted by Crippen LogP contribution is 2.41. The smallest absolute Gasteiger partial charge is 0.249 e. The molecule has 1 aliphatic heterocycles. The number of nitrogens with one attached hydrogen (secondary N) is 1. The van der Waals surface area contributed by atoms with Gasteiger partial charge in [-0.3, -0.25) is 4.79 Å². The Bertz CT molecular complexity index is 1220. The van der Waals surface area contributed by atoms with E-state index in [0.717, 1.165) is 62.5 Å². The number of carbonyl (C=O) groups is 1. The molecule has 2 fully saturated rings. The lowest BCUT2D eigenvalue weighted by molar-refractivity contribution is 0.100. The summed E-state index contributed by atoms with van der Waals surface area (Å²) >= 11 is 0. The summed E-state index contributed by atoms with van der Waals surface area (Å²) in [6.07, 6.45) is 5.64. The highest BCUT2D eigenvalue weighted by molar-refractivity contribution is 6.01. The minimum absolute atomic E-state index is 0.163. The highest BCUT2D eigenvalue weighted by atomic mass is 19.1. The third-order valence-electron chi connectivity index (χ3n) is 8.00. The van der Waals surface area contributed by atoms with Gasteiger partial charge in [0.1, 0.15) is 5.82 Å². The quantitative estimate of drug-likeness (QED) is 0.344. The number of benzene rings is 3. The van der Waals surface area contributed by atoms with Gasteiger partial charge in [-0.25, -0.2) is 4.39 Å². The molecule has 1 aliphatic carbocycles. The lowest BCUT2D eigenvalue weighted by atomic mass is 9.94. The number of para-hydroxylation sites is 1. The van der Waals surface area contributed by atoms with Crippen molar-refractivity contribution < 1.29 is 9.18 Å². The summed E-state index contributed by atoms with van der Waals surface area (Å²) in [5.74, 6) is 0.668. The van der Waals surface area contributed by atoms with Crippen LogP contribution in [-0.4, -0.2) is 43.0 Å². The van der Waals surface area contributed by atoms with Gasteiger partial charge >= 0.3 is 0 Å². The maximum atomic E-state index is 13.1. The standard InChI is InChI=1S/C31H37FN4O/c32-24-10-8-23(9-11-24)27-19-30(27)35-20-22-13-16-36(17-14-22)15-3-4-21-7-12-26(31(34)37)28(18-21)25-5-1-2-6-29(25)33/h1-2,5-12,18,22,27,30,35H,3-4,13-17,19-20,33H2,(H2,34,37). The number of likely N-dealkylation sites (tertiary alicyclic amines) is 1. The molecular formula is C31H37FN4O. The van der Waals surface area contributed by atoms with Crippen LogP contribution in [0.3, 0.4) is 0 Å². The molecule has 5 rings (SSSR count). The average molecular weight is 501 g/mol. The third kappa shape index (κ3) is 6.38. The van der Waals surface area contributed by atoms with E-state index in [4.69, 9.17) is 11.5 Å². The van der Waals surface area contributed by atoms with Crippen LogP contribution in [-0.2, 0) is 6.42 Å². The fourth-order valence-corrected chi connectivity index (χ4v) is 5.66. The van der Waals surface area contributed by atoms with Gasteiger partial charge < -0.3 is 21.7 Å². The number of hydrogen-bond acceptors (Lipinski definition) is 4. The Labute approximate surface area is 219 Å². The van der Waals surface area contributed by atoms with Gasteiger partial charge in [-0.15, -0.1) is 0 Å². The SMILES string of the molecule is NC(=O)c1ccc(CCCN2CCC(CNC3CC3c3ccc(F)cc3)CC2)cc1-c1ccccc1N. The maximum Gasteiger partial charge on any atom is 0.249 e. The Morgan fingerprint density at radius 3 is 2.49 bits per heavy atom. The Balaban J connectivity index is 1.05. The van der Waals surface area contributed by atoms with Crippen molar-refractivity contribution in [3.8, 4) is 11.1 Å². The zero-order valence-electron chi connectivity index (χ0n) is 21.3. The molecule has 37 heavy (non-hydrogen) atoms. The molecular weight excluding hydrogens is 463 g/mol. The number of hydrogen-bond donors (Lipinski definition) is 3. The molecule has 5 N–H and O–H groups in total. The summed E-state index contributed by atoms with van der Waals surface area (Å²) in [6.45, 7) is 4.44. The molecule has 1 heterocycles. The molecule has 1 amide bonds. The zero-order chi connectivity index (χ0) is 25.8. The molecule has 194 valence electrons. The van der Waals surface area contributed by atoms with Gasteiger partial charge in [0.15, 0.2) is 0 Å². The first-order chi connectivity index (χ1) is 18.0. The summed E-state index contributed by atoms with van der Waals surface area (Å²) in [5, 5.41) is 3.75. The number of carbonyl (C=O) groups excluding carboxylic acids is 1. The van der Waals surface area contributed by atoms with E-state index in [1.54, 1.807) is 12.1 Å². The van der Waals surface area contributed by atoms with Crippen LogP contribution < -0.4 is 16.8 Å². The number of rotatable bonds is 10. The molecule has 2 unspecified atom stereocenters. The van der Waals surface area contributed by atoms with Gasteiger partial charge in [0.25, 0.3) is 0 Å². The second kappa shape index (κ2) is 11.4. The molecule has 1 saturated carbocycles. The van der Waals surface area contributed by atoms with Crippen LogP contribution in [0.5, 0.6) is 0 Å². The number of halogens is 1. The topological polar surface area (TPSA) is 84.4 Å². The lowest BCUT2D eigenvalue weighted by Crippen LogP contribution is -2.38. The van der Waals surface area contributed by atoms with Gasteiger partial charge in [-0.1, -0.05) is 42.5 Å². The first-order valence-corrected chi connectivity index (χ1v) is 13.5. The fourth-order valence-electron chi connectivity index (χ4n) is 5.66. The molecule has 1 saturated heterocycles. The number of anilines is 1. The average Bonchev–Trinajstić information content (AvgIpc) is 3.68. The van der Waals surface area contributed by atoms with Crippen LogP contribution in [0.4, 0.5) is 10.1 Å². The fraction of sp³-hybridized carbons (Fsp3) is 0.387. The molecule has 0 bridgehead atoms. The Kier molecular flexibility index (Phi) is 7.87. The number of aryl methyl sites for hydroxylation is 1. The lowest BCUT2D eigenvalue weighted by Gasteiger charge is -2.32. The van der Waals surface area contributed by atoms with Crippen LogP contribution in [0.15, 0.2) is 66.7 Å². The second-order valence-corrected chi connectivity index (χ2v) is 10.6. The largest absolute Gasteiger partial charge is 0.398 e. The number of nitrogen functional groups attached to an aromatic ring is 1. The van der Waals surface area contributed by atoms with Crippen molar-refractivity contribution in [3.63, 3.8) is 0 Å². The van der Waals surface area contributed by atoms with Crippen molar-refractivity contribution in [2.24, 2.45) is 11.7 Å². The van der Waals surface area contributed by atoms with Crippen molar-refractivity contribution in [2.45, 2.75) is 44.1 Å². The summed E-state index contributed by atoms with van der Waals surface area (Å²) in [6, 6.07) is 21.0. The van der Waals surface area contributed by atoms with E-state index in [1.807, 2.05) is 48.5 Å². The first kappa shape index (κ1) is 25.4. The number of nitrogens with two attached hydrogens (primary N) is 2. The number of nitrogens with zero attached hydrogens (tertiary/aromatic N) is 1. The van der Waals surface area contributed by atoms with Gasteiger partial charge in [-0.05, 0) is 105 Å². The Hall–Kier alpha value is -3.22. The summed E-state index contributed by atoms with van der Waals surface area (Å²) in [5.41, 5.74) is 17.1. The number of piperidine rings is 1. The normalized spacial score (nSPS) is 20.1. The van der Waals surface area contributed by atoms with E-state index in [-0.39, 0.29) is 5.82 Å². The molecule has 0 radical (unpaired) electrons. The molecule has 0 spiro atoms. The molecule has 5 nitrogen and oxygen atoms in total. The zero-order valence-corrected chi connectivity index (χ0v) is 21.3. The Morgan fingerprint density at radius 1 is 1.00 bits per heavy atom. The van der Waals surface area contributed by atoms with Crippen LogP contribution in [0.2, 0.25) is 0 Å². The van der Waals surface area contributed by atoms with Crippen molar-refractivity contribution in [1.82, 2.24) is 10.2 Å². The van der Waals surface area contributed by atoms with Crippen LogP contribution in [0, 0.1) is 11.7 Å². The van der Waals surface area contributed by atoms with Crippen LogP contribution in [0.1, 0.15) is 53.1 Å². The van der Waals surface area contributed by atoms with E-state index in [2.05, 4.69) is 16.3 Å². The summed E-state index contributed by atoms with van der Waals surface area (Å²) in [7, 11) is 0. The molecule has 2 aliphatic rings. The van der Waals surface area contributed by atoms with Gasteiger partial charge in [-0.2, -0.15) is 0 Å². The van der Waals surface area contributed by atoms with E-state index in [9.17, 15) is 9.18 Å². The maximum absolute atomic E-state index is 13.1. The number of amides is 1. The molecule has 2 atom stereocenters. The van der Waals surface area contributed by atoms with Crippen LogP contribution >= 0.6 is 0 Å². The molecule has 3 aromatic rings. The van der Waals surface area contributed by atoms with Gasteiger partial charge in [0, 0.05) is 28.8 Å². The number of primary amides is 1. The van der Waals surface area contributed by atoms with E-state index < -0.39 is 5.91 Å². The van der Waals surface area contributed by atoms with Gasteiger partial charge in [0.05, 0.1) is 0 Å². The predicted molar refractivity (Wildman–Crippen MR) is 148 cm³/mol. The van der Waals surface area contributed by atoms with Crippen molar-refractivity contribution >= 4 is 11.6 Å². The van der Waals surface area contributed by atoms with Crippen molar-refractivity contribution in [3.05, 3.63) is 89.2 Å². The highest BCUT2D eigenvalue weighted by Gasteiger charge is 2.38. The van der Waals surface area contributed by atoms with E-state index in [0.29, 0.717) is 23.2 Å². The minimum Gasteiger partial charge on any atom is -0.398 e. The van der Waals surface area contributed by atoms with Crippen LogP contribution in [0.25, 0.3) is 11.1 Å². The molecule has 3 aromatic carbocycles. The summed E-state index contributed by atoms with van der Waals surface area (Å²) < 4.78 is 13.1. The predicted octanol–water partition coefficient (Wildman–Crippen LogP) is 4.96. The monoisotopic (exact) mass is 500 g/mol. The first-order valence-electron chi connectivity index (χ1n) is 13.5. The van der Waals surface area contributed by atoms with E-state index >= 15 is 0 Å². The third-order valence-corrected chi connectivity index (χ3v) is 8.00. The van der Waals surface area contributed by atoms with Gasteiger partial charge in [0.2, 0.25) is 5.91 Å². The van der Waals surface area contributed by atoms with Crippen molar-refractivity contribution in [2.75, 3.05) is 31.9 Å².